The summed E-state index contributed by atoms with van der Waals surface area (Å²) in [7, 11) is 5.38. The summed E-state index contributed by atoms with van der Waals surface area (Å²) in [6, 6.07) is 4.30. The first-order valence-corrected chi connectivity index (χ1v) is 3.59. The lowest BCUT2D eigenvalue weighted by Crippen LogP contribution is -2.03. The summed E-state index contributed by atoms with van der Waals surface area (Å²) >= 11 is 0. The normalized spacial score (nSPS) is 10.2. The standard InChI is InChI=1S/C8H4BFN2O/c9-5-1-2-6(7(10)3-5)8-11-4-13-12-8/h1-4H. The molecule has 0 bridgehead atoms. The van der Waals surface area contributed by atoms with Crippen molar-refractivity contribution in [2.75, 3.05) is 0 Å². The number of halogens is 1. The Morgan fingerprint density at radius 2 is 2.23 bits per heavy atom. The highest BCUT2D eigenvalue weighted by atomic mass is 19.1. The summed E-state index contributed by atoms with van der Waals surface area (Å²) in [5.74, 6) is -0.237. The maximum Gasteiger partial charge on any atom is 0.214 e. The zero-order chi connectivity index (χ0) is 9.26. The highest BCUT2D eigenvalue weighted by molar-refractivity contribution is 6.32. The third-order valence-corrected chi connectivity index (χ3v) is 1.60. The van der Waals surface area contributed by atoms with Gasteiger partial charge in [0.05, 0.1) is 5.56 Å². The minimum Gasteiger partial charge on any atom is -0.342 e. The van der Waals surface area contributed by atoms with Crippen molar-refractivity contribution in [3.63, 3.8) is 0 Å². The molecule has 5 heteroatoms. The number of hydrogen-bond donors (Lipinski definition) is 0. The maximum absolute atomic E-state index is 13.2. The fourth-order valence-corrected chi connectivity index (χ4v) is 1.00. The van der Waals surface area contributed by atoms with Crippen LogP contribution >= 0.6 is 0 Å². The van der Waals surface area contributed by atoms with Crippen LogP contribution in [-0.2, 0) is 0 Å². The highest BCUT2D eigenvalue weighted by Crippen LogP contribution is 2.16. The molecule has 2 radical (unpaired) electrons. The van der Waals surface area contributed by atoms with Gasteiger partial charge in [0.1, 0.15) is 13.7 Å². The van der Waals surface area contributed by atoms with Gasteiger partial charge in [-0.2, -0.15) is 4.98 Å². The predicted molar refractivity (Wildman–Crippen MR) is 45.1 cm³/mol. The van der Waals surface area contributed by atoms with E-state index in [0.29, 0.717) is 5.46 Å². The molecule has 0 saturated carbocycles. The monoisotopic (exact) mass is 174 g/mol. The number of aromatic nitrogens is 2. The molecule has 0 amide bonds. The van der Waals surface area contributed by atoms with Crippen LogP contribution in [0, 0.1) is 5.82 Å². The Morgan fingerprint density at radius 1 is 1.38 bits per heavy atom. The van der Waals surface area contributed by atoms with Gasteiger partial charge in [0.15, 0.2) is 0 Å². The van der Waals surface area contributed by atoms with Crippen LogP contribution in [-0.4, -0.2) is 18.0 Å². The van der Waals surface area contributed by atoms with Crippen LogP contribution in [0.3, 0.4) is 0 Å². The van der Waals surface area contributed by atoms with Gasteiger partial charge in [0.2, 0.25) is 12.2 Å². The quantitative estimate of drug-likeness (QED) is 0.596. The fourth-order valence-electron chi connectivity index (χ4n) is 1.00. The second-order valence-electron chi connectivity index (χ2n) is 2.49. The fraction of sp³-hybridized carbons (Fsp3) is 0. The predicted octanol–water partition coefficient (Wildman–Crippen LogP) is 0.669. The molecule has 0 N–H and O–H groups in total. The molecule has 13 heavy (non-hydrogen) atoms. The molecule has 0 aliphatic rings. The minimum absolute atomic E-state index is 0.220. The molecule has 1 aromatic carbocycles. The zero-order valence-corrected chi connectivity index (χ0v) is 6.57. The Hall–Kier alpha value is -1.65. The SMILES string of the molecule is [B]c1ccc(-c2ncon2)c(F)c1. The van der Waals surface area contributed by atoms with Gasteiger partial charge in [-0.1, -0.05) is 16.7 Å². The average Bonchev–Trinajstić information content (AvgIpc) is 2.56. The lowest BCUT2D eigenvalue weighted by molar-refractivity contribution is 0.418. The summed E-state index contributed by atoms with van der Waals surface area (Å²) in [5, 5.41) is 3.51. The van der Waals surface area contributed by atoms with Crippen molar-refractivity contribution < 1.29 is 8.91 Å². The molecule has 0 saturated heterocycles. The molecule has 0 spiro atoms. The lowest BCUT2D eigenvalue weighted by atomic mass is 9.95. The average molecular weight is 174 g/mol. The topological polar surface area (TPSA) is 38.9 Å². The van der Waals surface area contributed by atoms with Crippen LogP contribution in [0.15, 0.2) is 29.1 Å². The molecule has 0 atom stereocenters. The second kappa shape index (κ2) is 3.01. The van der Waals surface area contributed by atoms with Crippen molar-refractivity contribution in [1.82, 2.24) is 10.1 Å². The van der Waals surface area contributed by atoms with Crippen molar-refractivity contribution in [3.05, 3.63) is 30.4 Å². The van der Waals surface area contributed by atoms with Crippen LogP contribution in [0.5, 0.6) is 0 Å². The summed E-state index contributed by atoms with van der Waals surface area (Å²) in [6.07, 6.45) is 1.14. The largest absolute Gasteiger partial charge is 0.342 e. The molecule has 2 aromatic rings. The van der Waals surface area contributed by atoms with E-state index in [1.165, 1.54) is 12.1 Å². The Balaban J connectivity index is 2.53. The molecule has 0 fully saturated rings. The van der Waals surface area contributed by atoms with E-state index in [1.54, 1.807) is 6.07 Å². The van der Waals surface area contributed by atoms with Crippen molar-refractivity contribution in [2.24, 2.45) is 0 Å². The van der Waals surface area contributed by atoms with E-state index < -0.39 is 5.82 Å². The van der Waals surface area contributed by atoms with Crippen molar-refractivity contribution in [3.8, 4) is 11.4 Å². The molecular formula is C8H4BFN2O. The first kappa shape index (κ1) is 7.98. The van der Waals surface area contributed by atoms with E-state index in [9.17, 15) is 4.39 Å². The Labute approximate surface area is 75.0 Å². The van der Waals surface area contributed by atoms with E-state index in [0.717, 1.165) is 6.39 Å². The molecule has 1 heterocycles. The number of nitrogens with zero attached hydrogens (tertiary/aromatic N) is 2. The summed E-state index contributed by atoms with van der Waals surface area (Å²) in [4.78, 5) is 3.72. The molecule has 3 nitrogen and oxygen atoms in total. The van der Waals surface area contributed by atoms with Crippen LogP contribution in [0.4, 0.5) is 4.39 Å². The minimum atomic E-state index is -0.457. The molecular weight excluding hydrogens is 170 g/mol. The van der Waals surface area contributed by atoms with Crippen molar-refractivity contribution >= 4 is 13.3 Å². The van der Waals surface area contributed by atoms with Gasteiger partial charge in [-0.05, 0) is 12.1 Å². The second-order valence-corrected chi connectivity index (χ2v) is 2.49. The van der Waals surface area contributed by atoms with Crippen LogP contribution in [0.25, 0.3) is 11.4 Å². The molecule has 0 aliphatic carbocycles. The smallest absolute Gasteiger partial charge is 0.214 e. The summed E-state index contributed by atoms with van der Waals surface area (Å²) in [6.45, 7) is 0. The summed E-state index contributed by atoms with van der Waals surface area (Å²) < 4.78 is 17.7. The number of benzene rings is 1. The van der Waals surface area contributed by atoms with E-state index in [-0.39, 0.29) is 11.4 Å². The van der Waals surface area contributed by atoms with E-state index in [1.807, 2.05) is 0 Å². The van der Waals surface area contributed by atoms with Gasteiger partial charge < -0.3 is 4.52 Å². The maximum atomic E-state index is 13.2. The third-order valence-electron chi connectivity index (χ3n) is 1.60. The van der Waals surface area contributed by atoms with Crippen LogP contribution < -0.4 is 5.46 Å². The van der Waals surface area contributed by atoms with Crippen molar-refractivity contribution in [1.29, 1.82) is 0 Å². The van der Waals surface area contributed by atoms with Gasteiger partial charge >= 0.3 is 0 Å². The van der Waals surface area contributed by atoms with Crippen LogP contribution in [0.2, 0.25) is 0 Å². The highest BCUT2D eigenvalue weighted by Gasteiger charge is 2.08. The number of hydrogen-bond acceptors (Lipinski definition) is 3. The lowest BCUT2D eigenvalue weighted by Gasteiger charge is -1.98. The molecule has 0 aliphatic heterocycles. The van der Waals surface area contributed by atoms with Gasteiger partial charge in [-0.25, -0.2) is 4.39 Å². The first-order valence-electron chi connectivity index (χ1n) is 3.59. The summed E-state index contributed by atoms with van der Waals surface area (Å²) in [5.41, 5.74) is 0.646. The van der Waals surface area contributed by atoms with Gasteiger partial charge in [-0.3, -0.25) is 0 Å². The van der Waals surface area contributed by atoms with E-state index in [2.05, 4.69) is 14.7 Å². The van der Waals surface area contributed by atoms with Gasteiger partial charge in [0.25, 0.3) is 0 Å². The van der Waals surface area contributed by atoms with E-state index >= 15 is 0 Å². The molecule has 0 unspecified atom stereocenters. The molecule has 2 rings (SSSR count). The third kappa shape index (κ3) is 1.45. The Bertz CT molecular complexity index is 416. The Kier molecular flexibility index (Phi) is 1.85. The first-order chi connectivity index (χ1) is 6.27. The molecule has 62 valence electrons. The van der Waals surface area contributed by atoms with Gasteiger partial charge in [-0.15, -0.1) is 0 Å². The van der Waals surface area contributed by atoms with E-state index in [4.69, 9.17) is 7.85 Å². The van der Waals surface area contributed by atoms with Crippen LogP contribution in [0.1, 0.15) is 0 Å². The molecule has 1 aromatic heterocycles. The Morgan fingerprint density at radius 3 is 2.85 bits per heavy atom. The number of rotatable bonds is 1. The zero-order valence-electron chi connectivity index (χ0n) is 6.57. The van der Waals surface area contributed by atoms with Gasteiger partial charge in [0, 0.05) is 0 Å². The van der Waals surface area contributed by atoms with Crippen molar-refractivity contribution in [2.45, 2.75) is 0 Å².